The molecule has 0 aromatic heterocycles. The molecular formula is C9H13Br2N. The van der Waals surface area contributed by atoms with Gasteiger partial charge in [-0.25, -0.2) is 0 Å². The van der Waals surface area contributed by atoms with E-state index in [1.54, 1.807) is 0 Å². The smallest absolute Gasteiger partial charge is 0.0570 e. The summed E-state index contributed by atoms with van der Waals surface area (Å²) >= 11 is 6.93. The third kappa shape index (κ3) is 1.78. The van der Waals surface area contributed by atoms with Crippen molar-refractivity contribution in [3.05, 3.63) is 9.47 Å². The molecule has 0 aliphatic carbocycles. The lowest BCUT2D eigenvalue weighted by Crippen LogP contribution is -2.32. The van der Waals surface area contributed by atoms with Gasteiger partial charge in [0, 0.05) is 12.0 Å². The Morgan fingerprint density at radius 3 is 2.83 bits per heavy atom. The molecule has 2 bridgehead atoms. The Labute approximate surface area is 90.5 Å². The predicted octanol–water partition coefficient (Wildman–Crippen LogP) is 3.10. The quantitative estimate of drug-likeness (QED) is 0.718. The van der Waals surface area contributed by atoms with Crippen LogP contribution in [0.5, 0.6) is 0 Å². The lowest BCUT2D eigenvalue weighted by Gasteiger charge is -2.31. The first-order valence-electron chi connectivity index (χ1n) is 4.46. The van der Waals surface area contributed by atoms with Gasteiger partial charge >= 0.3 is 0 Å². The number of fused-ring (bicyclic) bond motifs is 2. The normalized spacial score (nSPS) is 39.7. The fraction of sp³-hybridized carbons (Fsp3) is 0.778. The molecule has 2 aliphatic heterocycles. The molecule has 2 aliphatic rings. The van der Waals surface area contributed by atoms with Gasteiger partial charge in [0.05, 0.1) is 3.39 Å². The molecule has 0 saturated carbocycles. The van der Waals surface area contributed by atoms with Crippen LogP contribution in [0.15, 0.2) is 9.47 Å². The first kappa shape index (κ1) is 9.22. The molecule has 2 rings (SSSR count). The Balaban J connectivity index is 2.15. The lowest BCUT2D eigenvalue weighted by atomic mass is 9.81. The van der Waals surface area contributed by atoms with E-state index < -0.39 is 0 Å². The van der Waals surface area contributed by atoms with Gasteiger partial charge in [-0.05, 0) is 64.2 Å². The topological polar surface area (TPSA) is 3.24 Å². The third-order valence-corrected chi connectivity index (χ3v) is 3.49. The monoisotopic (exact) mass is 293 g/mol. The number of rotatable bonds is 1. The van der Waals surface area contributed by atoms with Gasteiger partial charge in [-0.2, -0.15) is 0 Å². The van der Waals surface area contributed by atoms with E-state index in [4.69, 9.17) is 0 Å². The minimum absolute atomic E-state index is 0.487. The van der Waals surface area contributed by atoms with E-state index in [0.717, 1.165) is 3.39 Å². The summed E-state index contributed by atoms with van der Waals surface area (Å²) in [6.07, 6.45) is 6.42. The number of hydrogen-bond donors (Lipinski definition) is 0. The van der Waals surface area contributed by atoms with E-state index in [1.165, 1.54) is 38.9 Å². The Kier molecular flexibility index (Phi) is 2.64. The van der Waals surface area contributed by atoms with Crippen LogP contribution in [-0.2, 0) is 0 Å². The van der Waals surface area contributed by atoms with E-state index in [9.17, 15) is 0 Å². The summed E-state index contributed by atoms with van der Waals surface area (Å²) in [5.74, 6) is 0. The second-order valence-corrected chi connectivity index (χ2v) is 6.70. The standard InChI is InChI=1S/C9H13Br2N/c10-8(11)6-9-2-1-4-12(7-9)5-3-9/h6H,1-5,7H2. The highest BCUT2D eigenvalue weighted by molar-refractivity contribution is 9.28. The molecular weight excluding hydrogens is 282 g/mol. The Bertz CT molecular complexity index is 207. The lowest BCUT2D eigenvalue weighted by molar-refractivity contribution is 0.225. The van der Waals surface area contributed by atoms with Gasteiger partial charge in [-0.3, -0.25) is 0 Å². The van der Waals surface area contributed by atoms with Crippen LogP contribution in [0, 0.1) is 5.41 Å². The van der Waals surface area contributed by atoms with Crippen molar-refractivity contribution in [1.29, 1.82) is 0 Å². The highest BCUT2D eigenvalue weighted by atomic mass is 79.9. The largest absolute Gasteiger partial charge is 0.302 e. The van der Waals surface area contributed by atoms with Crippen molar-refractivity contribution >= 4 is 31.9 Å². The molecule has 2 saturated heterocycles. The second-order valence-electron chi connectivity index (χ2n) is 3.93. The summed E-state index contributed by atoms with van der Waals surface area (Å²) in [6.45, 7) is 3.88. The van der Waals surface area contributed by atoms with Crippen LogP contribution < -0.4 is 0 Å². The van der Waals surface area contributed by atoms with Crippen LogP contribution in [0.2, 0.25) is 0 Å². The van der Waals surface area contributed by atoms with Crippen molar-refractivity contribution in [2.75, 3.05) is 19.6 Å². The molecule has 2 fully saturated rings. The first-order chi connectivity index (χ1) is 5.70. The number of piperidine rings is 1. The highest BCUT2D eigenvalue weighted by Gasteiger charge is 2.38. The fourth-order valence-electron chi connectivity index (χ4n) is 2.46. The molecule has 0 radical (unpaired) electrons. The Morgan fingerprint density at radius 1 is 1.25 bits per heavy atom. The van der Waals surface area contributed by atoms with Crippen molar-refractivity contribution in [2.45, 2.75) is 19.3 Å². The maximum atomic E-state index is 3.46. The molecule has 0 aromatic rings. The average Bonchev–Trinajstić information content (AvgIpc) is 2.25. The maximum Gasteiger partial charge on any atom is 0.0570 e. The minimum atomic E-state index is 0.487. The molecule has 3 heteroatoms. The van der Waals surface area contributed by atoms with Crippen molar-refractivity contribution in [1.82, 2.24) is 4.90 Å². The molecule has 2 atom stereocenters. The molecule has 68 valence electrons. The summed E-state index contributed by atoms with van der Waals surface area (Å²) < 4.78 is 1.12. The number of hydrogen-bond acceptors (Lipinski definition) is 1. The van der Waals surface area contributed by atoms with Crippen molar-refractivity contribution < 1.29 is 0 Å². The molecule has 2 heterocycles. The van der Waals surface area contributed by atoms with Crippen LogP contribution in [0.4, 0.5) is 0 Å². The van der Waals surface area contributed by atoms with Gasteiger partial charge in [0.1, 0.15) is 0 Å². The Hall–Kier alpha value is 0.660. The van der Waals surface area contributed by atoms with Gasteiger partial charge in [-0.15, -0.1) is 0 Å². The summed E-state index contributed by atoms with van der Waals surface area (Å²) in [7, 11) is 0. The maximum absolute atomic E-state index is 3.46. The molecule has 2 unspecified atom stereocenters. The molecule has 12 heavy (non-hydrogen) atoms. The predicted molar refractivity (Wildman–Crippen MR) is 58.7 cm³/mol. The van der Waals surface area contributed by atoms with Gasteiger partial charge in [-0.1, -0.05) is 6.08 Å². The van der Waals surface area contributed by atoms with Crippen LogP contribution in [0.3, 0.4) is 0 Å². The molecule has 0 amide bonds. The SMILES string of the molecule is BrC(Br)=CC12CCCN(CC1)C2. The first-order valence-corrected chi connectivity index (χ1v) is 6.05. The summed E-state index contributed by atoms with van der Waals surface area (Å²) in [5.41, 5.74) is 0.487. The van der Waals surface area contributed by atoms with E-state index in [2.05, 4.69) is 42.8 Å². The summed E-state index contributed by atoms with van der Waals surface area (Å²) in [5, 5.41) is 0. The van der Waals surface area contributed by atoms with E-state index in [-0.39, 0.29) is 0 Å². The Morgan fingerprint density at radius 2 is 2.08 bits per heavy atom. The fourth-order valence-corrected chi connectivity index (χ4v) is 3.43. The van der Waals surface area contributed by atoms with Crippen LogP contribution in [0.1, 0.15) is 19.3 Å². The number of nitrogens with zero attached hydrogens (tertiary/aromatic N) is 1. The minimum Gasteiger partial charge on any atom is -0.302 e. The zero-order valence-corrected chi connectivity index (χ0v) is 10.2. The van der Waals surface area contributed by atoms with Crippen molar-refractivity contribution in [3.63, 3.8) is 0 Å². The van der Waals surface area contributed by atoms with Crippen LogP contribution >= 0.6 is 31.9 Å². The molecule has 0 N–H and O–H groups in total. The average molecular weight is 295 g/mol. The molecule has 0 aromatic carbocycles. The highest BCUT2D eigenvalue weighted by Crippen LogP contribution is 2.42. The van der Waals surface area contributed by atoms with E-state index in [0.29, 0.717) is 5.41 Å². The summed E-state index contributed by atoms with van der Waals surface area (Å²) in [6, 6.07) is 0. The summed E-state index contributed by atoms with van der Waals surface area (Å²) in [4.78, 5) is 2.57. The van der Waals surface area contributed by atoms with Crippen LogP contribution in [-0.4, -0.2) is 24.5 Å². The van der Waals surface area contributed by atoms with Crippen LogP contribution in [0.25, 0.3) is 0 Å². The number of halogens is 2. The van der Waals surface area contributed by atoms with Gasteiger partial charge in [0.25, 0.3) is 0 Å². The zero-order chi connectivity index (χ0) is 8.60. The molecule has 1 nitrogen and oxygen atoms in total. The molecule has 0 spiro atoms. The van der Waals surface area contributed by atoms with Crippen molar-refractivity contribution in [3.8, 4) is 0 Å². The van der Waals surface area contributed by atoms with Gasteiger partial charge < -0.3 is 4.90 Å². The van der Waals surface area contributed by atoms with E-state index >= 15 is 0 Å². The van der Waals surface area contributed by atoms with Gasteiger partial charge in [0.2, 0.25) is 0 Å². The van der Waals surface area contributed by atoms with E-state index in [1.807, 2.05) is 0 Å². The third-order valence-electron chi connectivity index (χ3n) is 3.03. The second kappa shape index (κ2) is 3.43. The van der Waals surface area contributed by atoms with Gasteiger partial charge in [0.15, 0.2) is 0 Å². The van der Waals surface area contributed by atoms with Crippen molar-refractivity contribution in [2.24, 2.45) is 5.41 Å². The zero-order valence-electron chi connectivity index (χ0n) is 7.02.